The molecule has 0 aliphatic carbocycles. The van der Waals surface area contributed by atoms with Crippen LogP contribution < -0.4 is 55.9 Å². The Hall–Kier alpha value is -6.89. The summed E-state index contributed by atoms with van der Waals surface area (Å²) in [6, 6.07) is 41.8. The molecule has 15 heteroatoms. The molecule has 6 aromatic rings. The molecule has 3 spiro atoms. The number of benzene rings is 6. The van der Waals surface area contributed by atoms with Crippen LogP contribution in [0.25, 0.3) is 0 Å². The smallest absolute Gasteiger partial charge is 0.609 e. The maximum Gasteiger partial charge on any atom is 0.777 e. The monoisotopic (exact) mass is 681 g/mol. The van der Waals surface area contributed by atoms with Crippen LogP contribution in [0.1, 0.15) is 0 Å². The van der Waals surface area contributed by atoms with Gasteiger partial charge in [-0.3, -0.25) is 0 Å². The zero-order chi connectivity index (χ0) is 33.9. The van der Waals surface area contributed by atoms with Crippen molar-refractivity contribution in [3.8, 4) is 69.0 Å². The lowest BCUT2D eigenvalue weighted by atomic mass is 10.0. The maximum atomic E-state index is 6.55. The largest absolute Gasteiger partial charge is 0.777 e. The first kappa shape index (κ1) is 29.1. The van der Waals surface area contributed by atoms with Gasteiger partial charge in [-0.1, -0.05) is 72.8 Å². The number of hydrogen-bond donors (Lipinski definition) is 0. The summed E-state index contributed by atoms with van der Waals surface area (Å²) in [5, 5.41) is 0. The summed E-state index contributed by atoms with van der Waals surface area (Å²) in [5.41, 5.74) is 0. The quantitative estimate of drug-likeness (QED) is 0.153. The molecule has 4 aliphatic rings. The molecule has 51 heavy (non-hydrogen) atoms. The van der Waals surface area contributed by atoms with Gasteiger partial charge >= 0.3 is 20.9 Å². The van der Waals surface area contributed by atoms with Crippen LogP contribution in [0.4, 0.5) is 0 Å². The zero-order valence-electron chi connectivity index (χ0n) is 26.5. The summed E-state index contributed by atoms with van der Waals surface area (Å²) < 4.78 is 77.2. The molecule has 4 aliphatic heterocycles. The van der Waals surface area contributed by atoms with Gasteiger partial charge in [0.2, 0.25) is 0 Å². The molecule has 0 bridgehead atoms. The molecule has 0 atom stereocenters. The molecule has 0 radical (unpaired) electrons. The van der Waals surface area contributed by atoms with E-state index in [9.17, 15) is 0 Å². The van der Waals surface area contributed by atoms with E-state index in [-0.39, 0.29) is 34.5 Å². The number of fused-ring (bicyclic) bond motifs is 6. The van der Waals surface area contributed by atoms with Gasteiger partial charge in [-0.2, -0.15) is 0 Å². The molecule has 6 aromatic carbocycles. The van der Waals surface area contributed by atoms with Crippen LogP contribution in [-0.4, -0.2) is 20.9 Å². The van der Waals surface area contributed by atoms with Crippen molar-refractivity contribution < 1.29 is 55.9 Å². The lowest BCUT2D eigenvalue weighted by molar-refractivity contribution is 0.171. The van der Waals surface area contributed by atoms with Crippen molar-refractivity contribution in [2.45, 2.75) is 0 Å². The standard InChI is InChI=1S/C36H24B3O12/c1-2-14-26-25(13-1)40-37(46-31-19-7-8-20-32(31)47-37)42-27-15-3-4-16-28(27)44-39(50-35-23-11-12-24-36(35)51-39)45-30-18-6-5-17-29(30)43-38(41-26)48-33-21-9-10-22-34(33)49-38/h1-24H/q-3. The van der Waals surface area contributed by atoms with Gasteiger partial charge in [0, 0.05) is 0 Å². The van der Waals surface area contributed by atoms with Crippen LogP contribution in [0.2, 0.25) is 0 Å². The third-order valence-electron chi connectivity index (χ3n) is 8.35. The topological polar surface area (TPSA) is 111 Å². The van der Waals surface area contributed by atoms with Crippen LogP contribution in [0.15, 0.2) is 146 Å². The fourth-order valence-electron chi connectivity index (χ4n) is 6.17. The van der Waals surface area contributed by atoms with Gasteiger partial charge in [-0.25, -0.2) is 0 Å². The first-order chi connectivity index (χ1) is 25.0. The van der Waals surface area contributed by atoms with Crippen LogP contribution in [0.3, 0.4) is 0 Å². The van der Waals surface area contributed by atoms with E-state index < -0.39 is 20.9 Å². The van der Waals surface area contributed by atoms with Crippen LogP contribution in [0, 0.1) is 0 Å². The molecule has 252 valence electrons. The summed E-state index contributed by atoms with van der Waals surface area (Å²) in [6.07, 6.45) is 0. The van der Waals surface area contributed by atoms with Crippen molar-refractivity contribution in [1.29, 1.82) is 0 Å². The summed E-state index contributed by atoms with van der Waals surface area (Å²) in [5.74, 6) is 3.34. The third-order valence-corrected chi connectivity index (χ3v) is 8.35. The predicted octanol–water partition coefficient (Wildman–Crippen LogP) is 7.09. The van der Waals surface area contributed by atoms with Gasteiger partial charge in [0.15, 0.2) is 0 Å². The number of hydrogen-bond acceptors (Lipinski definition) is 12. The van der Waals surface area contributed by atoms with E-state index in [0.717, 1.165) is 0 Å². The first-order valence-electron chi connectivity index (χ1n) is 16.2. The van der Waals surface area contributed by atoms with Gasteiger partial charge in [0.25, 0.3) is 0 Å². The van der Waals surface area contributed by atoms with Crippen molar-refractivity contribution in [1.82, 2.24) is 0 Å². The lowest BCUT2D eigenvalue weighted by Crippen LogP contribution is -2.59. The Labute approximate surface area is 290 Å². The molecule has 12 nitrogen and oxygen atoms in total. The molecule has 0 fully saturated rings. The molecule has 0 amide bonds. The third kappa shape index (κ3) is 5.14. The highest BCUT2D eigenvalue weighted by Gasteiger charge is 2.53. The Morgan fingerprint density at radius 2 is 0.275 bits per heavy atom. The molecule has 0 saturated heterocycles. The second-order valence-electron chi connectivity index (χ2n) is 11.8. The molecule has 0 unspecified atom stereocenters. The van der Waals surface area contributed by atoms with E-state index >= 15 is 0 Å². The molecule has 0 N–H and O–H groups in total. The molecular weight excluding hydrogens is 657 g/mol. The Bertz CT molecular complexity index is 1890. The summed E-state index contributed by atoms with van der Waals surface area (Å²) >= 11 is 0. The molecular formula is C36H24B3O12-3. The predicted molar refractivity (Wildman–Crippen MR) is 183 cm³/mol. The van der Waals surface area contributed by atoms with E-state index in [0.29, 0.717) is 34.5 Å². The Morgan fingerprint density at radius 1 is 0.176 bits per heavy atom. The highest BCUT2D eigenvalue weighted by atomic mass is 16.9. The minimum atomic E-state index is -3.13. The molecule has 10 rings (SSSR count). The zero-order valence-corrected chi connectivity index (χ0v) is 26.5. The van der Waals surface area contributed by atoms with E-state index in [1.807, 2.05) is 36.4 Å². The van der Waals surface area contributed by atoms with Crippen molar-refractivity contribution in [2.75, 3.05) is 0 Å². The summed E-state index contributed by atoms with van der Waals surface area (Å²) in [6.45, 7) is -9.38. The molecule has 0 aromatic heterocycles. The Kier molecular flexibility index (Phi) is 6.31. The minimum Gasteiger partial charge on any atom is -0.609 e. The fraction of sp³-hybridized carbons (Fsp3) is 0. The molecule has 0 saturated carbocycles. The number of rotatable bonds is 0. The average Bonchev–Trinajstić information content (AvgIpc) is 3.81. The first-order valence-corrected chi connectivity index (χ1v) is 16.2. The van der Waals surface area contributed by atoms with Crippen molar-refractivity contribution in [3.63, 3.8) is 0 Å². The number of para-hydroxylation sites is 12. The fourth-order valence-corrected chi connectivity index (χ4v) is 6.17. The van der Waals surface area contributed by atoms with Crippen LogP contribution in [-0.2, 0) is 0 Å². The van der Waals surface area contributed by atoms with E-state index in [4.69, 9.17) is 55.9 Å². The van der Waals surface area contributed by atoms with Crippen molar-refractivity contribution >= 4 is 20.9 Å². The SMILES string of the molecule is c1ccc2c(c1)O[B-]1(O2)Oc2ccccc2O[B-]2(Oc3ccccc3O2)Oc2ccccc2O[B-]2(Oc3ccccc3O2)Oc2ccccc2O1. The van der Waals surface area contributed by atoms with Gasteiger partial charge in [0.05, 0.1) is 0 Å². The van der Waals surface area contributed by atoms with Gasteiger partial charge in [-0.05, 0) is 72.8 Å². The van der Waals surface area contributed by atoms with Crippen molar-refractivity contribution in [2.24, 2.45) is 0 Å². The lowest BCUT2D eigenvalue weighted by Gasteiger charge is -2.39. The van der Waals surface area contributed by atoms with Gasteiger partial charge in [0.1, 0.15) is 69.0 Å². The van der Waals surface area contributed by atoms with E-state index in [2.05, 4.69) is 0 Å². The highest BCUT2D eigenvalue weighted by molar-refractivity contribution is 6.60. The normalized spacial score (nSPS) is 17.4. The summed E-state index contributed by atoms with van der Waals surface area (Å²) in [7, 11) is 0. The highest BCUT2D eigenvalue weighted by Crippen LogP contribution is 2.47. The van der Waals surface area contributed by atoms with Crippen molar-refractivity contribution in [3.05, 3.63) is 146 Å². The Morgan fingerprint density at radius 3 is 0.373 bits per heavy atom. The average molecular weight is 681 g/mol. The van der Waals surface area contributed by atoms with Crippen LogP contribution in [0.5, 0.6) is 69.0 Å². The maximum absolute atomic E-state index is 6.55. The van der Waals surface area contributed by atoms with Gasteiger partial charge in [-0.15, -0.1) is 0 Å². The van der Waals surface area contributed by atoms with E-state index in [1.165, 1.54) is 0 Å². The Balaban J connectivity index is 1.15. The summed E-state index contributed by atoms with van der Waals surface area (Å²) in [4.78, 5) is 0. The van der Waals surface area contributed by atoms with Crippen LogP contribution >= 0.6 is 0 Å². The molecule has 4 heterocycles. The van der Waals surface area contributed by atoms with E-state index in [1.54, 1.807) is 109 Å². The second kappa shape index (κ2) is 11.1. The van der Waals surface area contributed by atoms with Gasteiger partial charge < -0.3 is 55.9 Å². The second-order valence-corrected chi connectivity index (χ2v) is 11.8. The minimum absolute atomic E-state index is 0.162.